The second kappa shape index (κ2) is 11.5. The summed E-state index contributed by atoms with van der Waals surface area (Å²) >= 11 is 0. The zero-order chi connectivity index (χ0) is 26.5. The van der Waals surface area contributed by atoms with Gasteiger partial charge in [0.15, 0.2) is 0 Å². The van der Waals surface area contributed by atoms with E-state index in [1.54, 1.807) is 0 Å². The van der Waals surface area contributed by atoms with E-state index in [-0.39, 0.29) is 6.04 Å². The molecule has 0 saturated heterocycles. The van der Waals surface area contributed by atoms with Gasteiger partial charge in [0.05, 0.1) is 0 Å². The van der Waals surface area contributed by atoms with Crippen molar-refractivity contribution < 1.29 is 15.0 Å². The summed E-state index contributed by atoms with van der Waals surface area (Å²) in [5, 5.41) is 32.1. The third-order valence-electron chi connectivity index (χ3n) is 7.27. The van der Waals surface area contributed by atoms with Crippen LogP contribution in [0, 0.1) is 0 Å². The lowest BCUT2D eigenvalue weighted by Crippen LogP contribution is -2.49. The fourth-order valence-corrected chi connectivity index (χ4v) is 5.52. The van der Waals surface area contributed by atoms with Gasteiger partial charge in [0.1, 0.15) is 6.23 Å². The molecule has 0 aromatic heterocycles. The molecule has 5 heteroatoms. The number of carboxylic acid groups (broad SMARTS) is 1. The number of nitrogens with one attached hydrogen (secondary N) is 2. The van der Waals surface area contributed by atoms with E-state index >= 15 is 0 Å². The Kier molecular flexibility index (Phi) is 7.68. The molecular weight excluding hydrogens is 472 g/mol. The second-order valence-corrected chi connectivity index (χ2v) is 9.74. The smallest absolute Gasteiger partial charge is 0.404 e. The molecule has 4 atom stereocenters. The van der Waals surface area contributed by atoms with E-state index < -0.39 is 24.3 Å². The standard InChI is InChI=1S/C33H32N2O3/c1-22(26-19-9-15-24-13-5-7-17-27(24)26)34-32(36)31(29-20-10-16-25-14-6-8-18-28(25)29)30(35-33(37)38)21-23-11-3-2-4-12-23/h2-20,22,30-32,34-36H,21H2,1H3,(H,37,38)/t22-,30+,31+,32?/m1/s1. The Bertz CT molecular complexity index is 1530. The zero-order valence-electron chi connectivity index (χ0n) is 21.3. The van der Waals surface area contributed by atoms with Crippen molar-refractivity contribution in [1.82, 2.24) is 10.6 Å². The first-order valence-corrected chi connectivity index (χ1v) is 12.9. The summed E-state index contributed by atoms with van der Waals surface area (Å²) in [5.74, 6) is -0.560. The molecule has 192 valence electrons. The Morgan fingerprint density at radius 3 is 1.87 bits per heavy atom. The maximum Gasteiger partial charge on any atom is 0.404 e. The average molecular weight is 505 g/mol. The van der Waals surface area contributed by atoms with Crippen molar-refractivity contribution in [1.29, 1.82) is 0 Å². The third kappa shape index (κ3) is 5.54. The number of aliphatic hydroxyl groups excluding tert-OH is 1. The van der Waals surface area contributed by atoms with Gasteiger partial charge in [0.25, 0.3) is 0 Å². The largest absolute Gasteiger partial charge is 0.465 e. The van der Waals surface area contributed by atoms with Gasteiger partial charge in [-0.05, 0) is 51.6 Å². The summed E-state index contributed by atoms with van der Waals surface area (Å²) in [4.78, 5) is 12.0. The van der Waals surface area contributed by atoms with Crippen molar-refractivity contribution in [2.24, 2.45) is 0 Å². The number of hydrogen-bond donors (Lipinski definition) is 4. The predicted octanol–water partition coefficient (Wildman–Crippen LogP) is 6.62. The molecule has 5 aromatic carbocycles. The molecule has 38 heavy (non-hydrogen) atoms. The van der Waals surface area contributed by atoms with Crippen LogP contribution < -0.4 is 10.6 Å². The molecule has 0 aliphatic carbocycles. The molecule has 1 amide bonds. The number of hydrogen-bond acceptors (Lipinski definition) is 3. The minimum Gasteiger partial charge on any atom is -0.465 e. The Labute approximate surface area is 222 Å². The lowest BCUT2D eigenvalue weighted by Gasteiger charge is -2.34. The maximum absolute atomic E-state index is 12.0. The van der Waals surface area contributed by atoms with E-state index in [0.29, 0.717) is 6.42 Å². The molecule has 0 aliphatic heterocycles. The molecule has 0 saturated carbocycles. The normalized spacial score (nSPS) is 14.6. The van der Waals surface area contributed by atoms with Crippen LogP contribution in [0.1, 0.15) is 35.6 Å². The van der Waals surface area contributed by atoms with Gasteiger partial charge in [-0.3, -0.25) is 5.32 Å². The van der Waals surface area contributed by atoms with Crippen LogP contribution in [-0.4, -0.2) is 28.6 Å². The first kappa shape index (κ1) is 25.5. The number of aliphatic hydroxyl groups is 1. The molecule has 0 aliphatic rings. The van der Waals surface area contributed by atoms with Crippen molar-refractivity contribution in [2.75, 3.05) is 0 Å². The average Bonchev–Trinajstić information content (AvgIpc) is 2.93. The molecular formula is C33H32N2O3. The van der Waals surface area contributed by atoms with Crippen LogP contribution in [0.25, 0.3) is 21.5 Å². The summed E-state index contributed by atoms with van der Waals surface area (Å²) in [7, 11) is 0. The Morgan fingerprint density at radius 2 is 1.24 bits per heavy atom. The lowest BCUT2D eigenvalue weighted by atomic mass is 9.83. The minimum atomic E-state index is -1.12. The molecule has 5 aromatic rings. The van der Waals surface area contributed by atoms with E-state index in [1.807, 2.05) is 97.9 Å². The van der Waals surface area contributed by atoms with Crippen LogP contribution in [0.4, 0.5) is 4.79 Å². The van der Waals surface area contributed by atoms with Crippen LogP contribution >= 0.6 is 0 Å². The SMILES string of the molecule is C[C@@H](NC(O)[C@@H](c1cccc2ccccc12)[C@H](Cc1ccccc1)NC(=O)O)c1cccc2ccccc12. The molecule has 0 spiro atoms. The van der Waals surface area contributed by atoms with Crippen LogP contribution in [0.5, 0.6) is 0 Å². The highest BCUT2D eigenvalue weighted by atomic mass is 16.4. The maximum atomic E-state index is 12.0. The topological polar surface area (TPSA) is 81.6 Å². The molecule has 4 N–H and O–H groups in total. The van der Waals surface area contributed by atoms with Gasteiger partial charge in [-0.2, -0.15) is 0 Å². The molecule has 1 unspecified atom stereocenters. The first-order valence-electron chi connectivity index (χ1n) is 12.9. The Balaban J connectivity index is 1.56. The van der Waals surface area contributed by atoms with Gasteiger partial charge in [-0.1, -0.05) is 115 Å². The minimum absolute atomic E-state index is 0.184. The van der Waals surface area contributed by atoms with Gasteiger partial charge in [-0.25, -0.2) is 4.79 Å². The zero-order valence-corrected chi connectivity index (χ0v) is 21.3. The van der Waals surface area contributed by atoms with E-state index in [1.165, 1.54) is 0 Å². The number of amides is 1. The quantitative estimate of drug-likeness (QED) is 0.170. The van der Waals surface area contributed by atoms with Crippen LogP contribution in [0.3, 0.4) is 0 Å². The number of rotatable bonds is 9. The summed E-state index contributed by atoms with van der Waals surface area (Å²) in [6, 6.07) is 37.4. The first-order chi connectivity index (χ1) is 18.5. The highest BCUT2D eigenvalue weighted by molar-refractivity contribution is 5.87. The van der Waals surface area contributed by atoms with Crippen molar-refractivity contribution in [3.05, 3.63) is 132 Å². The van der Waals surface area contributed by atoms with E-state index in [2.05, 4.69) is 34.9 Å². The molecule has 0 bridgehead atoms. The predicted molar refractivity (Wildman–Crippen MR) is 153 cm³/mol. The fraction of sp³-hybridized carbons (Fsp3) is 0.182. The Morgan fingerprint density at radius 1 is 0.711 bits per heavy atom. The summed E-state index contributed by atoms with van der Waals surface area (Å²) in [5.41, 5.74) is 2.96. The third-order valence-corrected chi connectivity index (χ3v) is 7.27. The van der Waals surface area contributed by atoms with Gasteiger partial charge in [-0.15, -0.1) is 0 Å². The summed E-state index contributed by atoms with van der Waals surface area (Å²) < 4.78 is 0. The van der Waals surface area contributed by atoms with Crippen molar-refractivity contribution in [3.8, 4) is 0 Å². The van der Waals surface area contributed by atoms with E-state index in [9.17, 15) is 15.0 Å². The van der Waals surface area contributed by atoms with Crippen LogP contribution in [0.15, 0.2) is 115 Å². The van der Waals surface area contributed by atoms with Crippen molar-refractivity contribution in [2.45, 2.75) is 37.6 Å². The highest BCUT2D eigenvalue weighted by Crippen LogP contribution is 2.33. The Hall–Kier alpha value is -4.19. The monoisotopic (exact) mass is 504 g/mol. The van der Waals surface area contributed by atoms with Crippen molar-refractivity contribution >= 4 is 27.6 Å². The van der Waals surface area contributed by atoms with Crippen molar-refractivity contribution in [3.63, 3.8) is 0 Å². The molecule has 5 rings (SSSR count). The second-order valence-electron chi connectivity index (χ2n) is 9.74. The fourth-order valence-electron chi connectivity index (χ4n) is 5.52. The van der Waals surface area contributed by atoms with Gasteiger partial charge < -0.3 is 15.5 Å². The number of fused-ring (bicyclic) bond motifs is 2. The van der Waals surface area contributed by atoms with Crippen LogP contribution in [0.2, 0.25) is 0 Å². The van der Waals surface area contributed by atoms with Gasteiger partial charge in [0, 0.05) is 18.0 Å². The van der Waals surface area contributed by atoms with E-state index in [4.69, 9.17) is 0 Å². The van der Waals surface area contributed by atoms with Crippen LogP contribution in [-0.2, 0) is 6.42 Å². The van der Waals surface area contributed by atoms with Gasteiger partial charge >= 0.3 is 6.09 Å². The molecule has 0 fully saturated rings. The van der Waals surface area contributed by atoms with E-state index in [0.717, 1.165) is 38.2 Å². The summed E-state index contributed by atoms with van der Waals surface area (Å²) in [6.45, 7) is 2.03. The highest BCUT2D eigenvalue weighted by Gasteiger charge is 2.33. The number of benzene rings is 5. The molecule has 0 heterocycles. The number of carbonyl (C=O) groups is 1. The molecule has 0 radical (unpaired) electrons. The lowest BCUT2D eigenvalue weighted by molar-refractivity contribution is 0.0800. The summed E-state index contributed by atoms with van der Waals surface area (Å²) in [6.07, 6.45) is -1.72. The molecule has 5 nitrogen and oxygen atoms in total. The van der Waals surface area contributed by atoms with Gasteiger partial charge in [0.2, 0.25) is 0 Å².